The molecule has 0 saturated carbocycles. The number of amides is 2. The highest BCUT2D eigenvalue weighted by atomic mass is 32.1. The summed E-state index contributed by atoms with van der Waals surface area (Å²) in [6.07, 6.45) is 0. The maximum atomic E-state index is 11.7. The normalized spacial score (nSPS) is 9.55. The third-order valence-electron chi connectivity index (χ3n) is 2.30. The lowest BCUT2D eigenvalue weighted by molar-refractivity contribution is 0.0702. The minimum atomic E-state index is -1.04. The molecule has 2 rings (SSSR count). The van der Waals surface area contributed by atoms with E-state index < -0.39 is 12.0 Å². The Labute approximate surface area is 118 Å². The van der Waals surface area contributed by atoms with E-state index in [1.54, 1.807) is 18.2 Å². The van der Waals surface area contributed by atoms with Gasteiger partial charge >= 0.3 is 12.0 Å². The van der Waals surface area contributed by atoms with Crippen molar-refractivity contribution in [2.75, 3.05) is 10.6 Å². The summed E-state index contributed by atoms with van der Waals surface area (Å²) >= 11 is 0.964. The second kappa shape index (κ2) is 5.86. The number of nitrogens with zero attached hydrogens (tertiary/aromatic N) is 1. The monoisotopic (exact) mass is 287 g/mol. The van der Waals surface area contributed by atoms with Gasteiger partial charge in [0.15, 0.2) is 0 Å². The molecule has 2 aromatic rings. The predicted octanol–water partition coefficient (Wildman–Crippen LogP) is 2.96. The quantitative estimate of drug-likeness (QED) is 0.807. The molecular formula is C13H9N3O3S. The van der Waals surface area contributed by atoms with Gasteiger partial charge in [-0.1, -0.05) is 6.07 Å². The molecule has 0 radical (unpaired) electrons. The second-order valence-electron chi connectivity index (χ2n) is 3.74. The summed E-state index contributed by atoms with van der Waals surface area (Å²) < 4.78 is 0. The molecule has 0 aliphatic heterocycles. The Morgan fingerprint density at radius 2 is 2.00 bits per heavy atom. The summed E-state index contributed by atoms with van der Waals surface area (Å²) in [6.45, 7) is 0. The maximum Gasteiger partial charge on any atom is 0.345 e. The molecule has 0 atom stereocenters. The van der Waals surface area contributed by atoms with Crippen LogP contribution in [0.15, 0.2) is 36.4 Å². The van der Waals surface area contributed by atoms with Crippen molar-refractivity contribution in [3.8, 4) is 6.07 Å². The van der Waals surface area contributed by atoms with E-state index in [1.165, 1.54) is 18.2 Å². The highest BCUT2D eigenvalue weighted by molar-refractivity contribution is 7.18. The predicted molar refractivity (Wildman–Crippen MR) is 75.1 cm³/mol. The summed E-state index contributed by atoms with van der Waals surface area (Å²) in [6, 6.07) is 10.9. The Morgan fingerprint density at radius 1 is 1.20 bits per heavy atom. The van der Waals surface area contributed by atoms with E-state index in [9.17, 15) is 9.59 Å². The first-order chi connectivity index (χ1) is 9.58. The van der Waals surface area contributed by atoms with E-state index in [2.05, 4.69) is 10.6 Å². The van der Waals surface area contributed by atoms with Gasteiger partial charge in [0.2, 0.25) is 0 Å². The van der Waals surface area contributed by atoms with Crippen molar-refractivity contribution in [1.29, 1.82) is 5.26 Å². The maximum absolute atomic E-state index is 11.7. The zero-order valence-corrected chi connectivity index (χ0v) is 10.9. The lowest BCUT2D eigenvalue weighted by Crippen LogP contribution is -2.18. The summed E-state index contributed by atoms with van der Waals surface area (Å²) in [5, 5.41) is 23.0. The fourth-order valence-electron chi connectivity index (χ4n) is 1.46. The van der Waals surface area contributed by atoms with Gasteiger partial charge in [0.25, 0.3) is 0 Å². The van der Waals surface area contributed by atoms with E-state index in [0.717, 1.165) is 11.3 Å². The van der Waals surface area contributed by atoms with Crippen LogP contribution in [-0.4, -0.2) is 17.1 Å². The molecule has 1 aromatic heterocycles. The SMILES string of the molecule is N#Cc1cccc(NC(=O)Nc2ccc(C(=O)O)s2)c1. The number of carboxylic acids is 1. The third kappa shape index (κ3) is 3.34. The van der Waals surface area contributed by atoms with Crippen molar-refractivity contribution >= 4 is 34.0 Å². The van der Waals surface area contributed by atoms with Gasteiger partial charge in [-0.15, -0.1) is 11.3 Å². The van der Waals surface area contributed by atoms with Crippen LogP contribution in [-0.2, 0) is 0 Å². The standard InChI is InChI=1S/C13H9N3O3S/c14-7-8-2-1-3-9(6-8)15-13(19)16-11-5-4-10(20-11)12(17)18/h1-6H,(H,17,18)(H2,15,16,19). The number of carbonyl (C=O) groups is 2. The largest absolute Gasteiger partial charge is 0.477 e. The molecule has 2 amide bonds. The number of urea groups is 1. The van der Waals surface area contributed by atoms with Gasteiger partial charge in [-0.3, -0.25) is 5.32 Å². The Kier molecular flexibility index (Phi) is 3.98. The van der Waals surface area contributed by atoms with Gasteiger partial charge < -0.3 is 10.4 Å². The summed E-state index contributed by atoms with van der Waals surface area (Å²) in [5.74, 6) is -1.04. The molecule has 0 aliphatic rings. The molecule has 0 bridgehead atoms. The van der Waals surface area contributed by atoms with E-state index in [0.29, 0.717) is 16.3 Å². The Balaban J connectivity index is 2.01. The van der Waals surface area contributed by atoms with E-state index in [1.807, 2.05) is 6.07 Å². The number of nitriles is 1. The fourth-order valence-corrected chi connectivity index (χ4v) is 2.20. The van der Waals surface area contributed by atoms with E-state index in [4.69, 9.17) is 10.4 Å². The van der Waals surface area contributed by atoms with E-state index >= 15 is 0 Å². The van der Waals surface area contributed by atoms with Gasteiger partial charge in [0, 0.05) is 5.69 Å². The number of anilines is 2. The second-order valence-corrected chi connectivity index (χ2v) is 4.82. The molecule has 0 fully saturated rings. The third-order valence-corrected chi connectivity index (χ3v) is 3.29. The number of rotatable bonds is 3. The first kappa shape index (κ1) is 13.6. The average molecular weight is 287 g/mol. The van der Waals surface area contributed by atoms with Gasteiger partial charge in [-0.2, -0.15) is 5.26 Å². The molecule has 0 spiro atoms. The van der Waals surface area contributed by atoms with Crippen LogP contribution in [0.2, 0.25) is 0 Å². The van der Waals surface area contributed by atoms with Gasteiger partial charge in [0.05, 0.1) is 16.6 Å². The van der Waals surface area contributed by atoms with Gasteiger partial charge in [-0.25, -0.2) is 9.59 Å². The molecule has 1 aromatic carbocycles. The number of carbonyl (C=O) groups excluding carboxylic acids is 1. The molecule has 7 heteroatoms. The molecule has 6 nitrogen and oxygen atoms in total. The number of nitrogens with one attached hydrogen (secondary N) is 2. The van der Waals surface area contributed by atoms with E-state index in [-0.39, 0.29) is 4.88 Å². The van der Waals surface area contributed by atoms with Crippen LogP contribution in [0, 0.1) is 11.3 Å². The Hall–Kier alpha value is -2.85. The molecule has 0 saturated heterocycles. The van der Waals surface area contributed by atoms with Gasteiger partial charge in [-0.05, 0) is 30.3 Å². The summed E-state index contributed by atoms with van der Waals surface area (Å²) in [7, 11) is 0. The zero-order chi connectivity index (χ0) is 14.5. The van der Waals surface area contributed by atoms with Crippen molar-refractivity contribution in [1.82, 2.24) is 0 Å². The number of hydrogen-bond acceptors (Lipinski definition) is 4. The minimum Gasteiger partial charge on any atom is -0.477 e. The molecule has 20 heavy (non-hydrogen) atoms. The van der Waals surface area contributed by atoms with Crippen LogP contribution in [0.4, 0.5) is 15.5 Å². The number of carboxylic acid groups (broad SMARTS) is 1. The minimum absolute atomic E-state index is 0.145. The number of aromatic carboxylic acids is 1. The lowest BCUT2D eigenvalue weighted by atomic mass is 10.2. The Morgan fingerprint density at radius 3 is 2.65 bits per heavy atom. The zero-order valence-electron chi connectivity index (χ0n) is 10.1. The van der Waals surface area contributed by atoms with Crippen molar-refractivity contribution in [3.05, 3.63) is 46.8 Å². The molecule has 100 valence electrons. The first-order valence-electron chi connectivity index (χ1n) is 5.50. The van der Waals surface area contributed by atoms with Crippen LogP contribution in [0.25, 0.3) is 0 Å². The first-order valence-corrected chi connectivity index (χ1v) is 6.31. The summed E-state index contributed by atoms with van der Waals surface area (Å²) in [5.41, 5.74) is 0.920. The number of benzene rings is 1. The van der Waals surface area contributed by atoms with Crippen molar-refractivity contribution in [3.63, 3.8) is 0 Å². The number of thiophene rings is 1. The molecule has 3 N–H and O–H groups in total. The molecule has 0 unspecified atom stereocenters. The highest BCUT2D eigenvalue weighted by Crippen LogP contribution is 2.22. The molecule has 0 aliphatic carbocycles. The summed E-state index contributed by atoms with van der Waals surface area (Å²) in [4.78, 5) is 22.6. The van der Waals surface area contributed by atoms with Crippen molar-refractivity contribution < 1.29 is 14.7 Å². The Bertz CT molecular complexity index is 703. The molecular weight excluding hydrogens is 278 g/mol. The highest BCUT2D eigenvalue weighted by Gasteiger charge is 2.09. The van der Waals surface area contributed by atoms with Crippen molar-refractivity contribution in [2.24, 2.45) is 0 Å². The fraction of sp³-hybridized carbons (Fsp3) is 0. The van der Waals surface area contributed by atoms with Crippen LogP contribution in [0.1, 0.15) is 15.2 Å². The lowest BCUT2D eigenvalue weighted by Gasteiger charge is -2.05. The van der Waals surface area contributed by atoms with Crippen LogP contribution >= 0.6 is 11.3 Å². The van der Waals surface area contributed by atoms with Crippen LogP contribution in [0.5, 0.6) is 0 Å². The average Bonchev–Trinajstić information content (AvgIpc) is 2.87. The smallest absolute Gasteiger partial charge is 0.345 e. The molecule has 1 heterocycles. The van der Waals surface area contributed by atoms with Crippen LogP contribution in [0.3, 0.4) is 0 Å². The topological polar surface area (TPSA) is 102 Å². The van der Waals surface area contributed by atoms with Crippen molar-refractivity contribution in [2.45, 2.75) is 0 Å². The van der Waals surface area contributed by atoms with Crippen LogP contribution < -0.4 is 10.6 Å². The van der Waals surface area contributed by atoms with Gasteiger partial charge in [0.1, 0.15) is 4.88 Å². The number of hydrogen-bond donors (Lipinski definition) is 3.